The molecule has 3 heterocycles. The molecule has 2 aliphatic rings. The molecule has 0 spiro atoms. The molecule has 2 amide bonds. The Balaban J connectivity index is 1.68. The summed E-state index contributed by atoms with van der Waals surface area (Å²) in [6.07, 6.45) is 1.64. The maximum Gasteiger partial charge on any atom is 0.333 e. The first-order chi connectivity index (χ1) is 12.6. The summed E-state index contributed by atoms with van der Waals surface area (Å²) in [7, 11) is 0. The molecule has 9 heteroatoms. The van der Waals surface area contributed by atoms with Crippen LogP contribution in [0, 0.1) is 0 Å². The number of hydrogen-bond acceptors (Lipinski definition) is 7. The van der Waals surface area contributed by atoms with Crippen LogP contribution < -0.4 is 5.32 Å². The molecule has 2 aliphatic heterocycles. The highest BCUT2D eigenvalue weighted by atomic mass is 32.2. The molecule has 1 fully saturated rings. The lowest BCUT2D eigenvalue weighted by molar-refractivity contribution is -0.162. The maximum atomic E-state index is 12.5. The molecule has 1 unspecified atom stereocenters. The number of aliphatic hydroxyl groups excluding tert-OH is 1. The van der Waals surface area contributed by atoms with Crippen LogP contribution in [0.4, 0.5) is 0 Å². The molecule has 0 radical (unpaired) electrons. The molecule has 3 atom stereocenters. The predicted molar refractivity (Wildman–Crippen MR) is 98.3 cm³/mol. The van der Waals surface area contributed by atoms with Crippen LogP contribution in [0.25, 0.3) is 0 Å². The molecular formula is C17H18N2O5S2. The Morgan fingerprint density at radius 1 is 1.46 bits per heavy atom. The number of aliphatic hydroxyl groups is 1. The molecule has 1 aromatic heterocycles. The topological polar surface area (TPSA) is 95.9 Å². The van der Waals surface area contributed by atoms with Crippen LogP contribution in [-0.4, -0.2) is 58.5 Å². The molecule has 0 aliphatic carbocycles. The van der Waals surface area contributed by atoms with Crippen LogP contribution in [0.3, 0.4) is 0 Å². The third kappa shape index (κ3) is 3.55. The summed E-state index contributed by atoms with van der Waals surface area (Å²) in [6.45, 7) is 3.15. The van der Waals surface area contributed by atoms with Crippen LogP contribution in [0.2, 0.25) is 0 Å². The van der Waals surface area contributed by atoms with E-state index in [1.165, 1.54) is 34.1 Å². The minimum Gasteiger partial charge on any atom is -0.460 e. The van der Waals surface area contributed by atoms with E-state index >= 15 is 0 Å². The van der Waals surface area contributed by atoms with E-state index in [0.717, 1.165) is 4.88 Å². The lowest BCUT2D eigenvalue weighted by Gasteiger charge is -2.51. The van der Waals surface area contributed by atoms with Crippen molar-refractivity contribution >= 4 is 40.9 Å². The van der Waals surface area contributed by atoms with Gasteiger partial charge in [-0.15, -0.1) is 23.1 Å². The highest BCUT2D eigenvalue weighted by Gasteiger charge is 2.56. The zero-order valence-electron chi connectivity index (χ0n) is 13.8. The average molecular weight is 394 g/mol. The summed E-state index contributed by atoms with van der Waals surface area (Å²) in [5.41, 5.74) is 0.400. The Morgan fingerprint density at radius 2 is 2.27 bits per heavy atom. The summed E-state index contributed by atoms with van der Waals surface area (Å²) in [4.78, 5) is 39.3. The van der Waals surface area contributed by atoms with Gasteiger partial charge in [0.05, 0.1) is 13.0 Å². The van der Waals surface area contributed by atoms with Gasteiger partial charge in [0, 0.05) is 4.88 Å². The molecule has 26 heavy (non-hydrogen) atoms. The van der Waals surface area contributed by atoms with E-state index in [0.29, 0.717) is 5.57 Å². The Kier molecular flexibility index (Phi) is 5.80. The van der Waals surface area contributed by atoms with E-state index in [1.807, 2.05) is 17.5 Å². The Morgan fingerprint density at radius 3 is 2.92 bits per heavy atom. The summed E-state index contributed by atoms with van der Waals surface area (Å²) in [5, 5.41) is 15.4. The number of nitrogens with one attached hydrogen (secondary N) is 1. The van der Waals surface area contributed by atoms with Crippen molar-refractivity contribution in [3.05, 3.63) is 46.0 Å². The standard InChI is InChI=1S/C17H18N2O5S2/c1-2-5-24-17(23)14-10(8-20)9-26-16-13(15(22)19(14)16)18-12(21)7-11-4-3-6-25-11/h2-4,6,9,13-14,16,20H,1,5,7-8H2,(H,18,21)/t13-,14?,16+/m1/s1. The fraction of sp³-hybridized carbons (Fsp3) is 0.353. The van der Waals surface area contributed by atoms with Crippen molar-refractivity contribution in [2.45, 2.75) is 23.9 Å². The first kappa shape index (κ1) is 18.7. The molecule has 3 rings (SSSR count). The second-order valence-electron chi connectivity index (χ2n) is 5.75. The number of ether oxygens (including phenoxy) is 1. The zero-order chi connectivity index (χ0) is 18.7. The van der Waals surface area contributed by atoms with Crippen molar-refractivity contribution < 1.29 is 24.2 Å². The number of β-lactam (4-membered cyclic amide) rings is 1. The first-order valence-electron chi connectivity index (χ1n) is 7.93. The van der Waals surface area contributed by atoms with E-state index in [2.05, 4.69) is 11.9 Å². The van der Waals surface area contributed by atoms with Crippen molar-refractivity contribution in [1.29, 1.82) is 0 Å². The molecule has 2 N–H and O–H groups in total. The minimum atomic E-state index is -0.968. The first-order valence-corrected chi connectivity index (χ1v) is 9.75. The zero-order valence-corrected chi connectivity index (χ0v) is 15.4. The third-order valence-electron chi connectivity index (χ3n) is 4.05. The normalized spacial score (nSPS) is 24.2. The summed E-state index contributed by atoms with van der Waals surface area (Å²) in [6, 6.07) is 2.06. The number of carbonyl (C=O) groups excluding carboxylic acids is 3. The van der Waals surface area contributed by atoms with Crippen molar-refractivity contribution in [3.8, 4) is 0 Å². The molecule has 0 bridgehead atoms. The van der Waals surface area contributed by atoms with Gasteiger partial charge in [-0.25, -0.2) is 4.79 Å². The van der Waals surface area contributed by atoms with Crippen molar-refractivity contribution in [1.82, 2.24) is 10.2 Å². The monoisotopic (exact) mass is 394 g/mol. The van der Waals surface area contributed by atoms with Crippen molar-refractivity contribution in [2.75, 3.05) is 13.2 Å². The minimum absolute atomic E-state index is 0.0227. The molecule has 138 valence electrons. The van der Waals surface area contributed by atoms with Gasteiger partial charge in [-0.05, 0) is 22.4 Å². The number of esters is 1. The summed E-state index contributed by atoms with van der Waals surface area (Å²) >= 11 is 2.77. The molecule has 0 aromatic carbocycles. The lowest BCUT2D eigenvalue weighted by Crippen LogP contribution is -2.74. The number of amides is 2. The molecular weight excluding hydrogens is 376 g/mol. The van der Waals surface area contributed by atoms with E-state index in [-0.39, 0.29) is 31.4 Å². The number of rotatable bonds is 7. The number of fused-ring (bicyclic) bond motifs is 1. The SMILES string of the molecule is C=CCOC(=O)C1C(CO)=CS[C@H]2[C@H](NC(=O)Cc3cccs3)C(=O)N12. The third-order valence-corrected chi connectivity index (χ3v) is 6.14. The van der Waals surface area contributed by atoms with E-state index < -0.39 is 23.4 Å². The number of carbonyl (C=O) groups is 3. The Labute approximate surface area is 158 Å². The maximum absolute atomic E-state index is 12.5. The number of thioether (sulfide) groups is 1. The van der Waals surface area contributed by atoms with E-state index in [1.54, 1.807) is 5.41 Å². The van der Waals surface area contributed by atoms with Crippen LogP contribution >= 0.6 is 23.1 Å². The fourth-order valence-corrected chi connectivity index (χ4v) is 4.76. The Bertz CT molecular complexity index is 746. The van der Waals surface area contributed by atoms with Gasteiger partial charge in [-0.2, -0.15) is 0 Å². The highest BCUT2D eigenvalue weighted by molar-refractivity contribution is 8.02. The van der Waals surface area contributed by atoms with Crippen molar-refractivity contribution in [3.63, 3.8) is 0 Å². The lowest BCUT2D eigenvalue weighted by atomic mass is 9.98. The molecule has 1 saturated heterocycles. The van der Waals surface area contributed by atoms with E-state index in [9.17, 15) is 19.5 Å². The fourth-order valence-electron chi connectivity index (χ4n) is 2.84. The molecule has 7 nitrogen and oxygen atoms in total. The molecule has 0 saturated carbocycles. The van der Waals surface area contributed by atoms with Gasteiger partial charge in [-0.1, -0.05) is 18.7 Å². The van der Waals surface area contributed by atoms with Crippen LogP contribution in [0.1, 0.15) is 4.88 Å². The van der Waals surface area contributed by atoms with Gasteiger partial charge < -0.3 is 20.1 Å². The van der Waals surface area contributed by atoms with Crippen LogP contribution in [0.15, 0.2) is 41.1 Å². The quantitative estimate of drug-likeness (QED) is 0.401. The van der Waals surface area contributed by atoms with Crippen LogP contribution in [-0.2, 0) is 25.5 Å². The van der Waals surface area contributed by atoms with Gasteiger partial charge >= 0.3 is 5.97 Å². The summed E-state index contributed by atoms with van der Waals surface area (Å²) in [5.74, 6) is -1.22. The highest BCUT2D eigenvalue weighted by Crippen LogP contribution is 2.40. The van der Waals surface area contributed by atoms with Gasteiger partial charge in [-0.3, -0.25) is 9.59 Å². The van der Waals surface area contributed by atoms with Gasteiger partial charge in [0.1, 0.15) is 18.0 Å². The predicted octanol–water partition coefficient (Wildman–Crippen LogP) is 0.664. The van der Waals surface area contributed by atoms with Gasteiger partial charge in [0.25, 0.3) is 0 Å². The largest absolute Gasteiger partial charge is 0.460 e. The average Bonchev–Trinajstić information content (AvgIpc) is 3.15. The van der Waals surface area contributed by atoms with Gasteiger partial charge in [0.2, 0.25) is 11.8 Å². The molecule has 1 aromatic rings. The summed E-state index contributed by atoms with van der Waals surface area (Å²) < 4.78 is 5.05. The number of nitrogens with zero attached hydrogens (tertiary/aromatic N) is 1. The second-order valence-corrected chi connectivity index (χ2v) is 7.77. The second kappa shape index (κ2) is 8.07. The Hall–Kier alpha value is -2.10. The van der Waals surface area contributed by atoms with E-state index in [4.69, 9.17) is 4.74 Å². The van der Waals surface area contributed by atoms with Crippen LogP contribution in [0.5, 0.6) is 0 Å². The van der Waals surface area contributed by atoms with Crippen molar-refractivity contribution in [2.24, 2.45) is 0 Å². The van der Waals surface area contributed by atoms with Gasteiger partial charge in [0.15, 0.2) is 6.04 Å². The number of thiophene rings is 1. The number of hydrogen-bond donors (Lipinski definition) is 2. The smallest absolute Gasteiger partial charge is 0.333 e.